The summed E-state index contributed by atoms with van der Waals surface area (Å²) < 4.78 is 29.1. The van der Waals surface area contributed by atoms with E-state index in [1.54, 1.807) is 0 Å². The fourth-order valence-electron chi connectivity index (χ4n) is 2.91. The van der Waals surface area contributed by atoms with Crippen molar-refractivity contribution in [2.75, 3.05) is 16.8 Å². The van der Waals surface area contributed by atoms with Crippen molar-refractivity contribution < 1.29 is 12.8 Å². The van der Waals surface area contributed by atoms with Crippen molar-refractivity contribution in [3.63, 3.8) is 0 Å². The van der Waals surface area contributed by atoms with Crippen LogP contribution in [-0.4, -0.2) is 30.9 Å². The van der Waals surface area contributed by atoms with Gasteiger partial charge < -0.3 is 9.73 Å². The molecule has 1 unspecified atom stereocenters. The van der Waals surface area contributed by atoms with Crippen LogP contribution < -0.4 is 5.32 Å². The fraction of sp³-hybridized carbons (Fsp3) is 0.533. The van der Waals surface area contributed by atoms with Gasteiger partial charge in [0, 0.05) is 17.6 Å². The Morgan fingerprint density at radius 2 is 2.10 bits per heavy atom. The van der Waals surface area contributed by atoms with Gasteiger partial charge in [-0.1, -0.05) is 0 Å². The maximum absolute atomic E-state index is 11.7. The van der Waals surface area contributed by atoms with E-state index in [0.717, 1.165) is 48.4 Å². The molecule has 1 aliphatic carbocycles. The van der Waals surface area contributed by atoms with Crippen LogP contribution in [0.2, 0.25) is 0 Å². The molecule has 1 N–H and O–H groups in total. The Kier molecular flexibility index (Phi) is 2.96. The van der Waals surface area contributed by atoms with Gasteiger partial charge >= 0.3 is 0 Å². The Balaban J connectivity index is 1.55. The van der Waals surface area contributed by atoms with Crippen molar-refractivity contribution in [1.29, 1.82) is 0 Å². The van der Waals surface area contributed by atoms with E-state index in [1.165, 1.54) is 0 Å². The number of nitrogens with zero attached hydrogens (tertiary/aromatic N) is 1. The molecule has 2 heterocycles. The van der Waals surface area contributed by atoms with Crippen molar-refractivity contribution in [3.8, 4) is 0 Å². The molecule has 0 bridgehead atoms. The van der Waals surface area contributed by atoms with Crippen LogP contribution in [0.4, 0.5) is 5.69 Å². The number of sulfone groups is 1. The van der Waals surface area contributed by atoms with E-state index in [1.807, 2.05) is 18.2 Å². The van der Waals surface area contributed by atoms with Gasteiger partial charge in [-0.2, -0.15) is 0 Å². The molecular formula is C15H18N2O3S. The lowest BCUT2D eigenvalue weighted by Crippen LogP contribution is -2.34. The smallest absolute Gasteiger partial charge is 0.198 e. The largest absolute Gasteiger partial charge is 0.440 e. The second-order valence-electron chi connectivity index (χ2n) is 6.11. The van der Waals surface area contributed by atoms with Crippen molar-refractivity contribution >= 4 is 26.6 Å². The molecule has 0 spiro atoms. The van der Waals surface area contributed by atoms with Gasteiger partial charge in [0.05, 0.1) is 11.5 Å². The molecule has 2 aliphatic rings. The van der Waals surface area contributed by atoms with Gasteiger partial charge in [-0.15, -0.1) is 0 Å². The summed E-state index contributed by atoms with van der Waals surface area (Å²) in [5.74, 6) is 1.87. The molecule has 21 heavy (non-hydrogen) atoms. The van der Waals surface area contributed by atoms with E-state index in [9.17, 15) is 8.42 Å². The average molecular weight is 306 g/mol. The summed E-state index contributed by atoms with van der Waals surface area (Å²) in [6, 6.07) is 5.79. The normalized spacial score (nSPS) is 25.0. The summed E-state index contributed by atoms with van der Waals surface area (Å²) in [4.78, 5) is 4.53. The first-order valence-corrected chi connectivity index (χ1v) is 9.29. The highest BCUT2D eigenvalue weighted by Crippen LogP contribution is 2.40. The second-order valence-corrected chi connectivity index (χ2v) is 8.34. The third-order valence-corrected chi connectivity index (χ3v) is 5.99. The number of anilines is 1. The maximum atomic E-state index is 11.7. The topological polar surface area (TPSA) is 72.2 Å². The first kappa shape index (κ1) is 13.1. The molecule has 1 saturated heterocycles. The summed E-state index contributed by atoms with van der Waals surface area (Å²) in [7, 11) is -2.89. The minimum Gasteiger partial charge on any atom is -0.440 e. The number of nitrogens with one attached hydrogen (secondary N) is 1. The van der Waals surface area contributed by atoms with E-state index < -0.39 is 9.84 Å². The molecule has 1 aromatic heterocycles. The van der Waals surface area contributed by atoms with Crippen LogP contribution in [0, 0.1) is 0 Å². The van der Waals surface area contributed by atoms with Gasteiger partial charge in [0.15, 0.2) is 21.3 Å². The quantitative estimate of drug-likeness (QED) is 0.944. The monoisotopic (exact) mass is 306 g/mol. The van der Waals surface area contributed by atoms with Gasteiger partial charge in [-0.3, -0.25) is 0 Å². The number of benzene rings is 1. The first-order chi connectivity index (χ1) is 10.1. The second kappa shape index (κ2) is 4.73. The van der Waals surface area contributed by atoms with E-state index in [-0.39, 0.29) is 11.8 Å². The summed E-state index contributed by atoms with van der Waals surface area (Å²) in [6.07, 6.45) is 3.96. The van der Waals surface area contributed by atoms with Crippen molar-refractivity contribution in [1.82, 2.24) is 4.98 Å². The molecule has 2 fully saturated rings. The molecule has 5 nitrogen and oxygen atoms in total. The molecule has 112 valence electrons. The molecule has 4 rings (SSSR count). The molecule has 2 aromatic rings. The number of aromatic nitrogens is 1. The van der Waals surface area contributed by atoms with Crippen LogP contribution in [0.5, 0.6) is 0 Å². The molecular weight excluding hydrogens is 288 g/mol. The van der Waals surface area contributed by atoms with E-state index >= 15 is 0 Å². The maximum Gasteiger partial charge on any atom is 0.198 e. The highest BCUT2D eigenvalue weighted by atomic mass is 32.2. The van der Waals surface area contributed by atoms with Gasteiger partial charge in [-0.05, 0) is 43.9 Å². The van der Waals surface area contributed by atoms with Crippen LogP contribution in [0.1, 0.15) is 37.5 Å². The fourth-order valence-corrected chi connectivity index (χ4v) is 4.55. The zero-order valence-corrected chi connectivity index (χ0v) is 12.5. The molecule has 0 radical (unpaired) electrons. The molecule has 1 aliphatic heterocycles. The number of hydrogen-bond acceptors (Lipinski definition) is 5. The third kappa shape index (κ3) is 2.77. The lowest BCUT2D eigenvalue weighted by molar-refractivity contribution is 0.533. The summed E-state index contributed by atoms with van der Waals surface area (Å²) in [5.41, 5.74) is 2.57. The van der Waals surface area contributed by atoms with E-state index in [4.69, 9.17) is 4.42 Å². The Morgan fingerprint density at radius 1 is 1.24 bits per heavy atom. The lowest BCUT2D eigenvalue weighted by atomic mass is 10.1. The van der Waals surface area contributed by atoms with E-state index in [0.29, 0.717) is 11.7 Å². The summed E-state index contributed by atoms with van der Waals surface area (Å²) in [6.45, 7) is 0. The Bertz CT molecular complexity index is 777. The third-order valence-electron chi connectivity index (χ3n) is 4.16. The number of rotatable bonds is 3. The van der Waals surface area contributed by atoms with Gasteiger partial charge in [0.25, 0.3) is 0 Å². The number of fused-ring (bicyclic) bond motifs is 1. The standard InChI is InChI=1S/C15H18N2O3S/c18-21(19)7-1-2-12(9-21)16-11-5-6-14-13(8-11)17-15(20-14)10-3-4-10/h5-6,8,10,12,16H,1-4,7,9H2. The molecule has 6 heteroatoms. The molecule has 1 atom stereocenters. The number of oxazole rings is 1. The summed E-state index contributed by atoms with van der Waals surface area (Å²) in [5, 5.41) is 3.32. The molecule has 0 amide bonds. The van der Waals surface area contributed by atoms with Gasteiger partial charge in [-0.25, -0.2) is 13.4 Å². The number of hydrogen-bond donors (Lipinski definition) is 1. The van der Waals surface area contributed by atoms with Crippen LogP contribution in [0.25, 0.3) is 11.1 Å². The lowest BCUT2D eigenvalue weighted by Gasteiger charge is -2.23. The van der Waals surface area contributed by atoms with Crippen LogP contribution >= 0.6 is 0 Å². The van der Waals surface area contributed by atoms with Gasteiger partial charge in [0.1, 0.15) is 5.52 Å². The Hall–Kier alpha value is -1.56. The SMILES string of the molecule is O=S1(=O)CCCC(Nc2ccc3oc(C4CC4)nc3c2)C1. The first-order valence-electron chi connectivity index (χ1n) is 7.46. The predicted octanol–water partition coefficient (Wildman–Crippen LogP) is 2.69. The van der Waals surface area contributed by atoms with E-state index in [2.05, 4.69) is 10.3 Å². The highest BCUT2D eigenvalue weighted by molar-refractivity contribution is 7.91. The van der Waals surface area contributed by atoms with Crippen LogP contribution in [0.15, 0.2) is 22.6 Å². The average Bonchev–Trinajstić information content (AvgIpc) is 3.18. The van der Waals surface area contributed by atoms with Crippen molar-refractivity contribution in [2.45, 2.75) is 37.6 Å². The van der Waals surface area contributed by atoms with Gasteiger partial charge in [0.2, 0.25) is 0 Å². The van der Waals surface area contributed by atoms with Crippen LogP contribution in [0.3, 0.4) is 0 Å². The molecule has 1 aromatic carbocycles. The van der Waals surface area contributed by atoms with Crippen LogP contribution in [-0.2, 0) is 9.84 Å². The Labute approximate surface area is 123 Å². The van der Waals surface area contributed by atoms with Crippen molar-refractivity contribution in [2.24, 2.45) is 0 Å². The minimum absolute atomic E-state index is 0.00370. The summed E-state index contributed by atoms with van der Waals surface area (Å²) >= 11 is 0. The Morgan fingerprint density at radius 3 is 2.86 bits per heavy atom. The van der Waals surface area contributed by atoms with Crippen molar-refractivity contribution in [3.05, 3.63) is 24.1 Å². The zero-order chi connectivity index (χ0) is 14.4. The molecule has 1 saturated carbocycles. The highest BCUT2D eigenvalue weighted by Gasteiger charge is 2.29. The minimum atomic E-state index is -2.89. The zero-order valence-electron chi connectivity index (χ0n) is 11.7. The predicted molar refractivity (Wildman–Crippen MR) is 81.3 cm³/mol.